The van der Waals surface area contributed by atoms with E-state index in [1.54, 1.807) is 6.92 Å². The molecular weight excluding hydrogens is 256 g/mol. The molecule has 1 atom stereocenters. The van der Waals surface area contributed by atoms with Crippen LogP contribution in [0.15, 0.2) is 0 Å². The Balaban J connectivity index is 2.29. The van der Waals surface area contributed by atoms with E-state index in [0.29, 0.717) is 25.3 Å². The summed E-state index contributed by atoms with van der Waals surface area (Å²) in [7, 11) is 0. The molecule has 0 aromatic rings. The topological polar surface area (TPSA) is 78.4 Å². The van der Waals surface area contributed by atoms with Crippen LogP contribution in [0.3, 0.4) is 0 Å². The van der Waals surface area contributed by atoms with Crippen LogP contribution in [0.2, 0.25) is 0 Å². The third kappa shape index (κ3) is 5.39. The van der Waals surface area contributed by atoms with Gasteiger partial charge in [0.2, 0.25) is 0 Å². The van der Waals surface area contributed by atoms with Gasteiger partial charge in [-0.05, 0) is 25.7 Å². The van der Waals surface area contributed by atoms with E-state index in [2.05, 4.69) is 10.6 Å². The molecule has 1 aliphatic carbocycles. The first-order chi connectivity index (χ1) is 9.48. The van der Waals surface area contributed by atoms with Crippen LogP contribution >= 0.6 is 0 Å². The Bertz CT molecular complexity index is 327. The number of aliphatic carboxylic acids is 1. The maximum Gasteiger partial charge on any atom is 0.329 e. The molecule has 2 amide bonds. The molecule has 20 heavy (non-hydrogen) atoms. The number of hydrogen-bond donors (Lipinski definition) is 3. The summed E-state index contributed by atoms with van der Waals surface area (Å²) >= 11 is 0. The first-order valence-electron chi connectivity index (χ1n) is 7.77. The zero-order valence-electron chi connectivity index (χ0n) is 12.7. The predicted octanol–water partition coefficient (Wildman–Crippen LogP) is 2.90. The van der Waals surface area contributed by atoms with Gasteiger partial charge in [-0.2, -0.15) is 0 Å². The van der Waals surface area contributed by atoms with E-state index in [4.69, 9.17) is 0 Å². The first-order valence-corrected chi connectivity index (χ1v) is 7.77. The fraction of sp³-hybridized carbons (Fsp3) is 0.867. The number of rotatable bonds is 7. The van der Waals surface area contributed by atoms with Crippen molar-refractivity contribution in [3.05, 3.63) is 0 Å². The van der Waals surface area contributed by atoms with Crippen molar-refractivity contribution < 1.29 is 14.7 Å². The molecule has 1 unspecified atom stereocenters. The number of hydrogen-bond acceptors (Lipinski definition) is 2. The maximum atomic E-state index is 11.8. The van der Waals surface area contributed by atoms with Crippen molar-refractivity contribution >= 4 is 12.0 Å². The Labute approximate surface area is 121 Å². The van der Waals surface area contributed by atoms with Crippen LogP contribution in [-0.2, 0) is 4.79 Å². The van der Waals surface area contributed by atoms with Crippen LogP contribution in [0.25, 0.3) is 0 Å². The predicted molar refractivity (Wildman–Crippen MR) is 78.7 cm³/mol. The van der Waals surface area contributed by atoms with Gasteiger partial charge in [-0.15, -0.1) is 0 Å². The van der Waals surface area contributed by atoms with Crippen molar-refractivity contribution in [2.45, 2.75) is 70.8 Å². The SMILES string of the molecule is CCCC(C)(NC(=O)NCCC1CCCCC1)C(=O)O. The molecule has 1 rings (SSSR count). The van der Waals surface area contributed by atoms with E-state index < -0.39 is 11.5 Å². The third-order valence-electron chi connectivity index (χ3n) is 4.17. The van der Waals surface area contributed by atoms with E-state index in [-0.39, 0.29) is 6.03 Å². The third-order valence-corrected chi connectivity index (χ3v) is 4.17. The average molecular weight is 284 g/mol. The molecule has 1 aliphatic rings. The standard InChI is InChI=1S/C15H28N2O3/c1-3-10-15(2,13(18)19)17-14(20)16-11-9-12-7-5-4-6-8-12/h12H,3-11H2,1-2H3,(H,18,19)(H2,16,17,20). The molecule has 3 N–H and O–H groups in total. The van der Waals surface area contributed by atoms with Crippen LogP contribution in [0, 0.1) is 5.92 Å². The molecule has 0 spiro atoms. The van der Waals surface area contributed by atoms with Crippen molar-refractivity contribution in [2.24, 2.45) is 5.92 Å². The Morgan fingerprint density at radius 1 is 1.25 bits per heavy atom. The van der Waals surface area contributed by atoms with E-state index in [9.17, 15) is 14.7 Å². The van der Waals surface area contributed by atoms with E-state index in [1.807, 2.05) is 6.92 Å². The minimum atomic E-state index is -1.18. The lowest BCUT2D eigenvalue weighted by atomic mass is 9.87. The average Bonchev–Trinajstić information content (AvgIpc) is 2.40. The summed E-state index contributed by atoms with van der Waals surface area (Å²) in [5, 5.41) is 14.6. The molecule has 0 heterocycles. The van der Waals surface area contributed by atoms with Crippen LogP contribution in [0.5, 0.6) is 0 Å². The highest BCUT2D eigenvalue weighted by molar-refractivity contribution is 5.85. The number of amides is 2. The number of nitrogens with one attached hydrogen (secondary N) is 2. The van der Waals surface area contributed by atoms with Crippen LogP contribution < -0.4 is 10.6 Å². The van der Waals surface area contributed by atoms with E-state index in [0.717, 1.165) is 6.42 Å². The van der Waals surface area contributed by atoms with Crippen molar-refractivity contribution in [2.75, 3.05) is 6.54 Å². The monoisotopic (exact) mass is 284 g/mol. The number of carbonyl (C=O) groups excluding carboxylic acids is 1. The Kier molecular flexibility index (Phi) is 6.82. The Morgan fingerprint density at radius 3 is 2.45 bits per heavy atom. The summed E-state index contributed by atoms with van der Waals surface area (Å²) in [4.78, 5) is 23.0. The Hall–Kier alpha value is -1.26. The lowest BCUT2D eigenvalue weighted by Gasteiger charge is -2.26. The summed E-state index contributed by atoms with van der Waals surface area (Å²) in [5.41, 5.74) is -1.18. The van der Waals surface area contributed by atoms with E-state index >= 15 is 0 Å². The van der Waals surface area contributed by atoms with E-state index in [1.165, 1.54) is 32.1 Å². The Morgan fingerprint density at radius 2 is 1.90 bits per heavy atom. The number of carboxylic acid groups (broad SMARTS) is 1. The van der Waals surface area contributed by atoms with Gasteiger partial charge in [0.1, 0.15) is 5.54 Å². The smallest absolute Gasteiger partial charge is 0.329 e. The number of carboxylic acids is 1. The number of urea groups is 1. The van der Waals surface area contributed by atoms with Gasteiger partial charge in [0.05, 0.1) is 0 Å². The zero-order valence-corrected chi connectivity index (χ0v) is 12.7. The minimum absolute atomic E-state index is 0.376. The number of carbonyl (C=O) groups is 2. The van der Waals surface area contributed by atoms with Gasteiger partial charge in [-0.3, -0.25) is 0 Å². The van der Waals surface area contributed by atoms with Gasteiger partial charge in [-0.1, -0.05) is 45.4 Å². The highest BCUT2D eigenvalue weighted by Gasteiger charge is 2.33. The lowest BCUT2D eigenvalue weighted by Crippen LogP contribution is -2.55. The molecule has 1 saturated carbocycles. The van der Waals surface area contributed by atoms with Gasteiger partial charge >= 0.3 is 12.0 Å². The fourth-order valence-corrected chi connectivity index (χ4v) is 2.88. The largest absolute Gasteiger partial charge is 0.480 e. The second kappa shape index (κ2) is 8.12. The van der Waals surface area contributed by atoms with Crippen molar-refractivity contribution in [1.29, 1.82) is 0 Å². The summed E-state index contributed by atoms with van der Waals surface area (Å²) < 4.78 is 0. The molecule has 0 aromatic carbocycles. The van der Waals surface area contributed by atoms with Crippen LogP contribution in [0.1, 0.15) is 65.2 Å². The van der Waals surface area contributed by atoms with Gasteiger partial charge in [0.25, 0.3) is 0 Å². The summed E-state index contributed by atoms with van der Waals surface area (Å²) in [6, 6.07) is -0.376. The zero-order chi connectivity index (χ0) is 15.0. The quantitative estimate of drug-likeness (QED) is 0.672. The summed E-state index contributed by atoms with van der Waals surface area (Å²) in [6.45, 7) is 4.09. The highest BCUT2D eigenvalue weighted by atomic mass is 16.4. The second-order valence-electron chi connectivity index (χ2n) is 6.06. The molecule has 0 bridgehead atoms. The fourth-order valence-electron chi connectivity index (χ4n) is 2.88. The lowest BCUT2D eigenvalue weighted by molar-refractivity contribution is -0.144. The molecule has 116 valence electrons. The molecule has 0 aromatic heterocycles. The van der Waals surface area contributed by atoms with Crippen LogP contribution in [0.4, 0.5) is 4.79 Å². The summed E-state index contributed by atoms with van der Waals surface area (Å²) in [6.07, 6.45) is 8.57. The van der Waals surface area contributed by atoms with Crippen molar-refractivity contribution in [3.63, 3.8) is 0 Å². The molecular formula is C15H28N2O3. The first kappa shape index (κ1) is 16.8. The molecule has 5 nitrogen and oxygen atoms in total. The maximum absolute atomic E-state index is 11.8. The van der Waals surface area contributed by atoms with Gasteiger partial charge < -0.3 is 15.7 Å². The molecule has 0 saturated heterocycles. The second-order valence-corrected chi connectivity index (χ2v) is 6.06. The van der Waals surface area contributed by atoms with Crippen molar-refractivity contribution in [1.82, 2.24) is 10.6 Å². The molecule has 0 aliphatic heterocycles. The normalized spacial score (nSPS) is 19.1. The molecule has 5 heteroatoms. The van der Waals surface area contributed by atoms with Crippen molar-refractivity contribution in [3.8, 4) is 0 Å². The minimum Gasteiger partial charge on any atom is -0.480 e. The highest BCUT2D eigenvalue weighted by Crippen LogP contribution is 2.25. The van der Waals surface area contributed by atoms with Crippen LogP contribution in [-0.4, -0.2) is 29.2 Å². The van der Waals surface area contributed by atoms with Gasteiger partial charge in [0, 0.05) is 6.54 Å². The van der Waals surface area contributed by atoms with Gasteiger partial charge in [-0.25, -0.2) is 9.59 Å². The molecule has 0 radical (unpaired) electrons. The van der Waals surface area contributed by atoms with Gasteiger partial charge in [0.15, 0.2) is 0 Å². The summed E-state index contributed by atoms with van der Waals surface area (Å²) in [5.74, 6) is -0.271. The molecule has 1 fully saturated rings.